The number of carbonyl (C=O) groups is 1. The first kappa shape index (κ1) is 10.9. The number of hydrogen-bond acceptors (Lipinski definition) is 2. The summed E-state index contributed by atoms with van der Waals surface area (Å²) in [6.07, 6.45) is 5.61. The number of rotatable bonds is 2. The summed E-state index contributed by atoms with van der Waals surface area (Å²) in [6.45, 7) is 4.04. The SMILES string of the molecule is CC(C)NC(=O)C1CC12CCC(N)CC2. The average molecular weight is 210 g/mol. The van der Waals surface area contributed by atoms with Crippen LogP contribution in [0.1, 0.15) is 46.0 Å². The maximum absolute atomic E-state index is 11.8. The second-order valence-electron chi connectivity index (χ2n) is 5.62. The van der Waals surface area contributed by atoms with Gasteiger partial charge in [-0.3, -0.25) is 4.79 Å². The van der Waals surface area contributed by atoms with E-state index in [0.29, 0.717) is 11.5 Å². The third-order valence-corrected chi connectivity index (χ3v) is 3.96. The van der Waals surface area contributed by atoms with Gasteiger partial charge in [-0.25, -0.2) is 0 Å². The summed E-state index contributed by atoms with van der Waals surface area (Å²) in [6, 6.07) is 0.644. The van der Waals surface area contributed by atoms with E-state index in [1.807, 2.05) is 13.8 Å². The molecule has 2 aliphatic carbocycles. The lowest BCUT2D eigenvalue weighted by molar-refractivity contribution is -0.123. The Bertz CT molecular complexity index is 254. The van der Waals surface area contributed by atoms with Crippen molar-refractivity contribution in [2.75, 3.05) is 0 Å². The highest BCUT2D eigenvalue weighted by Gasteiger charge is 2.58. The molecule has 86 valence electrons. The number of hydrogen-bond donors (Lipinski definition) is 2. The molecule has 0 saturated heterocycles. The van der Waals surface area contributed by atoms with Crippen molar-refractivity contribution in [1.82, 2.24) is 5.32 Å². The van der Waals surface area contributed by atoms with Crippen LogP contribution >= 0.6 is 0 Å². The summed E-state index contributed by atoms with van der Waals surface area (Å²) >= 11 is 0. The van der Waals surface area contributed by atoms with Gasteiger partial charge < -0.3 is 11.1 Å². The molecule has 1 spiro atoms. The van der Waals surface area contributed by atoms with Crippen LogP contribution in [0.4, 0.5) is 0 Å². The molecule has 2 fully saturated rings. The molecule has 2 aliphatic rings. The average Bonchev–Trinajstić information content (AvgIpc) is 2.85. The van der Waals surface area contributed by atoms with Crippen molar-refractivity contribution in [3.63, 3.8) is 0 Å². The third-order valence-electron chi connectivity index (χ3n) is 3.96. The second-order valence-corrected chi connectivity index (χ2v) is 5.62. The molecule has 0 aliphatic heterocycles. The predicted octanol–water partition coefficient (Wildman–Crippen LogP) is 1.42. The summed E-state index contributed by atoms with van der Waals surface area (Å²) < 4.78 is 0. The normalized spacial score (nSPS) is 39.5. The minimum absolute atomic E-state index is 0.264. The summed E-state index contributed by atoms with van der Waals surface area (Å²) in [5.74, 6) is 0.549. The van der Waals surface area contributed by atoms with E-state index >= 15 is 0 Å². The van der Waals surface area contributed by atoms with Gasteiger partial charge in [0, 0.05) is 18.0 Å². The summed E-state index contributed by atoms with van der Waals surface area (Å²) in [5, 5.41) is 3.02. The van der Waals surface area contributed by atoms with Gasteiger partial charge in [0.05, 0.1) is 0 Å². The van der Waals surface area contributed by atoms with Gasteiger partial charge in [-0.05, 0) is 51.4 Å². The zero-order valence-corrected chi connectivity index (χ0v) is 9.75. The second kappa shape index (κ2) is 3.78. The molecule has 3 heteroatoms. The van der Waals surface area contributed by atoms with Crippen LogP contribution in [0.15, 0.2) is 0 Å². The van der Waals surface area contributed by atoms with Crippen molar-refractivity contribution < 1.29 is 4.79 Å². The van der Waals surface area contributed by atoms with Crippen LogP contribution in [0, 0.1) is 11.3 Å². The van der Waals surface area contributed by atoms with Gasteiger partial charge in [0.2, 0.25) is 5.91 Å². The highest BCUT2D eigenvalue weighted by atomic mass is 16.2. The molecule has 1 unspecified atom stereocenters. The Kier molecular flexibility index (Phi) is 2.75. The van der Waals surface area contributed by atoms with Crippen LogP contribution in [-0.4, -0.2) is 18.0 Å². The Morgan fingerprint density at radius 3 is 2.53 bits per heavy atom. The minimum atomic E-state index is 0.264. The van der Waals surface area contributed by atoms with E-state index in [4.69, 9.17) is 5.73 Å². The predicted molar refractivity (Wildman–Crippen MR) is 60.3 cm³/mol. The van der Waals surface area contributed by atoms with Crippen molar-refractivity contribution in [2.45, 2.75) is 58.0 Å². The van der Waals surface area contributed by atoms with E-state index < -0.39 is 0 Å². The molecule has 15 heavy (non-hydrogen) atoms. The number of nitrogens with two attached hydrogens (primary N) is 1. The monoisotopic (exact) mass is 210 g/mol. The van der Waals surface area contributed by atoms with Crippen LogP contribution in [0.2, 0.25) is 0 Å². The summed E-state index contributed by atoms with van der Waals surface area (Å²) in [5.41, 5.74) is 6.23. The molecule has 0 radical (unpaired) electrons. The molecular weight excluding hydrogens is 188 g/mol. The maximum atomic E-state index is 11.8. The highest BCUT2D eigenvalue weighted by molar-refractivity contribution is 5.82. The van der Waals surface area contributed by atoms with Crippen LogP contribution in [-0.2, 0) is 4.79 Å². The van der Waals surface area contributed by atoms with Gasteiger partial charge in [-0.1, -0.05) is 0 Å². The molecule has 1 atom stereocenters. The molecule has 2 saturated carbocycles. The largest absolute Gasteiger partial charge is 0.354 e. The quantitative estimate of drug-likeness (QED) is 0.724. The van der Waals surface area contributed by atoms with Crippen molar-refractivity contribution >= 4 is 5.91 Å². The first-order chi connectivity index (χ1) is 7.03. The van der Waals surface area contributed by atoms with Crippen molar-refractivity contribution in [3.8, 4) is 0 Å². The molecule has 0 bridgehead atoms. The molecule has 1 amide bonds. The maximum Gasteiger partial charge on any atom is 0.223 e. The standard InChI is InChI=1S/C12H22N2O/c1-8(2)14-11(15)10-7-12(10)5-3-9(13)4-6-12/h8-10H,3-7,13H2,1-2H3,(H,14,15). The smallest absolute Gasteiger partial charge is 0.223 e. The van der Waals surface area contributed by atoms with Crippen molar-refractivity contribution in [2.24, 2.45) is 17.1 Å². The lowest BCUT2D eigenvalue weighted by atomic mass is 9.82. The van der Waals surface area contributed by atoms with E-state index in [0.717, 1.165) is 32.1 Å². The molecule has 3 nitrogen and oxygen atoms in total. The van der Waals surface area contributed by atoms with E-state index in [1.54, 1.807) is 0 Å². The Balaban J connectivity index is 1.86. The molecule has 0 aromatic carbocycles. The fraction of sp³-hybridized carbons (Fsp3) is 0.917. The van der Waals surface area contributed by atoms with Crippen LogP contribution < -0.4 is 11.1 Å². The van der Waals surface area contributed by atoms with Gasteiger partial charge in [-0.15, -0.1) is 0 Å². The van der Waals surface area contributed by atoms with Gasteiger partial charge in [0.15, 0.2) is 0 Å². The van der Waals surface area contributed by atoms with E-state index in [2.05, 4.69) is 5.32 Å². The molecule has 0 aromatic heterocycles. The molecule has 2 rings (SSSR count). The minimum Gasteiger partial charge on any atom is -0.354 e. The number of amides is 1. The molecule has 0 aromatic rings. The van der Waals surface area contributed by atoms with Crippen LogP contribution in [0.3, 0.4) is 0 Å². The van der Waals surface area contributed by atoms with Crippen LogP contribution in [0.5, 0.6) is 0 Å². The van der Waals surface area contributed by atoms with E-state index in [1.165, 1.54) is 0 Å². The molecule has 0 heterocycles. The van der Waals surface area contributed by atoms with Gasteiger partial charge in [-0.2, -0.15) is 0 Å². The first-order valence-electron chi connectivity index (χ1n) is 6.09. The number of nitrogens with one attached hydrogen (secondary N) is 1. The van der Waals surface area contributed by atoms with Gasteiger partial charge >= 0.3 is 0 Å². The lowest BCUT2D eigenvalue weighted by Crippen LogP contribution is -2.35. The topological polar surface area (TPSA) is 55.1 Å². The fourth-order valence-corrected chi connectivity index (χ4v) is 2.87. The Morgan fingerprint density at radius 1 is 1.40 bits per heavy atom. The summed E-state index contributed by atoms with van der Waals surface area (Å²) in [7, 11) is 0. The zero-order valence-electron chi connectivity index (χ0n) is 9.75. The Labute approximate surface area is 91.8 Å². The van der Waals surface area contributed by atoms with Crippen molar-refractivity contribution in [1.29, 1.82) is 0 Å². The Hall–Kier alpha value is -0.570. The van der Waals surface area contributed by atoms with E-state index in [9.17, 15) is 4.79 Å². The lowest BCUT2D eigenvalue weighted by Gasteiger charge is -2.26. The third kappa shape index (κ3) is 2.17. The Morgan fingerprint density at radius 2 is 2.00 bits per heavy atom. The molecule has 3 N–H and O–H groups in total. The first-order valence-corrected chi connectivity index (χ1v) is 6.09. The number of carbonyl (C=O) groups excluding carboxylic acids is 1. The van der Waals surface area contributed by atoms with Gasteiger partial charge in [0.1, 0.15) is 0 Å². The molecular formula is C12H22N2O. The fourth-order valence-electron chi connectivity index (χ4n) is 2.87. The van der Waals surface area contributed by atoms with E-state index in [-0.39, 0.29) is 17.9 Å². The van der Waals surface area contributed by atoms with Crippen molar-refractivity contribution in [3.05, 3.63) is 0 Å². The van der Waals surface area contributed by atoms with Crippen LogP contribution in [0.25, 0.3) is 0 Å². The highest BCUT2D eigenvalue weighted by Crippen LogP contribution is 2.61. The zero-order chi connectivity index (χ0) is 11.1. The summed E-state index contributed by atoms with van der Waals surface area (Å²) in [4.78, 5) is 11.8. The van der Waals surface area contributed by atoms with Gasteiger partial charge in [0.25, 0.3) is 0 Å².